The number of carbonyl (C=O) groups is 1. The van der Waals surface area contributed by atoms with Crippen LogP contribution in [-0.2, 0) is 6.54 Å². The maximum Gasteiger partial charge on any atom is 0.337 e. The summed E-state index contributed by atoms with van der Waals surface area (Å²) in [6.07, 6.45) is 0. The van der Waals surface area contributed by atoms with E-state index in [1.54, 1.807) is 12.1 Å². The molecule has 0 aliphatic heterocycles. The third kappa shape index (κ3) is 3.33. The van der Waals surface area contributed by atoms with Gasteiger partial charge in [-0.3, -0.25) is 0 Å². The molecule has 0 amide bonds. The fourth-order valence-electron chi connectivity index (χ4n) is 1.70. The lowest BCUT2D eigenvalue weighted by Crippen LogP contribution is -2.07. The largest absolute Gasteiger partial charge is 0.478 e. The molecule has 6 heteroatoms. The minimum atomic E-state index is -1.08. The zero-order valence-electron chi connectivity index (χ0n) is 10.2. The van der Waals surface area contributed by atoms with Crippen LogP contribution in [0.3, 0.4) is 0 Å². The minimum Gasteiger partial charge on any atom is -0.478 e. The molecule has 2 aromatic rings. The number of hydrogen-bond acceptors (Lipinski definition) is 2. The second-order valence-electron chi connectivity index (χ2n) is 4.08. The van der Waals surface area contributed by atoms with E-state index in [1.807, 2.05) is 0 Å². The van der Waals surface area contributed by atoms with Crippen LogP contribution in [0.5, 0.6) is 0 Å². The molecule has 3 nitrogen and oxygen atoms in total. The highest BCUT2D eigenvalue weighted by molar-refractivity contribution is 9.10. The average Bonchev–Trinajstić information content (AvgIpc) is 2.37. The molecule has 0 radical (unpaired) electrons. The van der Waals surface area contributed by atoms with E-state index >= 15 is 0 Å². The molecule has 0 heterocycles. The van der Waals surface area contributed by atoms with Crippen molar-refractivity contribution in [3.63, 3.8) is 0 Å². The molecule has 0 saturated heterocycles. The smallest absolute Gasteiger partial charge is 0.337 e. The number of carboxylic acid groups (broad SMARTS) is 1. The molecule has 0 atom stereocenters. The number of hydrogen-bond donors (Lipinski definition) is 2. The normalized spacial score (nSPS) is 10.3. The molecule has 104 valence electrons. The van der Waals surface area contributed by atoms with Crippen LogP contribution in [-0.4, -0.2) is 11.1 Å². The van der Waals surface area contributed by atoms with Gasteiger partial charge in [0, 0.05) is 22.6 Å². The first-order chi connectivity index (χ1) is 9.47. The Morgan fingerprint density at radius 2 is 1.95 bits per heavy atom. The van der Waals surface area contributed by atoms with Crippen LogP contribution < -0.4 is 5.32 Å². The Morgan fingerprint density at radius 1 is 1.20 bits per heavy atom. The Balaban J connectivity index is 2.22. The number of carboxylic acids is 1. The molecular formula is C14H10BrF2NO2. The Labute approximate surface area is 122 Å². The van der Waals surface area contributed by atoms with Gasteiger partial charge in [0.05, 0.1) is 11.3 Å². The van der Waals surface area contributed by atoms with E-state index in [-0.39, 0.29) is 17.7 Å². The van der Waals surface area contributed by atoms with Gasteiger partial charge in [-0.2, -0.15) is 0 Å². The van der Waals surface area contributed by atoms with E-state index in [2.05, 4.69) is 21.2 Å². The first-order valence-electron chi connectivity index (χ1n) is 5.68. The average molecular weight is 342 g/mol. The maximum atomic E-state index is 13.5. The molecule has 0 aromatic heterocycles. The van der Waals surface area contributed by atoms with E-state index in [1.165, 1.54) is 12.1 Å². The van der Waals surface area contributed by atoms with Gasteiger partial charge in [-0.15, -0.1) is 0 Å². The molecule has 2 rings (SSSR count). The van der Waals surface area contributed by atoms with Gasteiger partial charge in [0.25, 0.3) is 0 Å². The Bertz CT molecular complexity index is 662. The maximum absolute atomic E-state index is 13.5. The van der Waals surface area contributed by atoms with Crippen molar-refractivity contribution in [1.82, 2.24) is 0 Å². The predicted octanol–water partition coefficient (Wildman–Crippen LogP) is 4.04. The fraction of sp³-hybridized carbons (Fsp3) is 0.0714. The highest BCUT2D eigenvalue weighted by atomic mass is 79.9. The van der Waals surface area contributed by atoms with Gasteiger partial charge in [0.15, 0.2) is 0 Å². The van der Waals surface area contributed by atoms with Crippen molar-refractivity contribution >= 4 is 27.6 Å². The van der Waals surface area contributed by atoms with Crippen molar-refractivity contribution in [2.24, 2.45) is 0 Å². The van der Waals surface area contributed by atoms with Crippen molar-refractivity contribution in [3.05, 3.63) is 63.6 Å². The molecule has 2 aromatic carbocycles. The molecule has 0 bridgehead atoms. The Kier molecular flexibility index (Phi) is 4.34. The Hall–Kier alpha value is -1.95. The monoisotopic (exact) mass is 341 g/mol. The molecule has 0 aliphatic carbocycles. The Morgan fingerprint density at radius 3 is 2.60 bits per heavy atom. The van der Waals surface area contributed by atoms with Gasteiger partial charge in [0.1, 0.15) is 11.6 Å². The van der Waals surface area contributed by atoms with Gasteiger partial charge < -0.3 is 10.4 Å². The summed E-state index contributed by atoms with van der Waals surface area (Å²) in [5, 5.41) is 11.9. The number of aromatic carboxylic acids is 1. The molecule has 0 saturated carbocycles. The molecule has 20 heavy (non-hydrogen) atoms. The van der Waals surface area contributed by atoms with Gasteiger partial charge in [0.2, 0.25) is 0 Å². The van der Waals surface area contributed by atoms with Crippen LogP contribution in [0, 0.1) is 11.6 Å². The number of halogens is 3. The summed E-state index contributed by atoms with van der Waals surface area (Å²) < 4.78 is 27.0. The summed E-state index contributed by atoms with van der Waals surface area (Å²) in [5.41, 5.74) is 0.689. The van der Waals surface area contributed by atoms with E-state index < -0.39 is 17.6 Å². The predicted molar refractivity (Wildman–Crippen MR) is 74.8 cm³/mol. The van der Waals surface area contributed by atoms with Gasteiger partial charge in [-0.25, -0.2) is 13.6 Å². The van der Waals surface area contributed by atoms with Crippen LogP contribution in [0.1, 0.15) is 15.9 Å². The highest BCUT2D eigenvalue weighted by Crippen LogP contribution is 2.22. The second-order valence-corrected chi connectivity index (χ2v) is 5.00. The molecule has 0 fully saturated rings. The van der Waals surface area contributed by atoms with Crippen molar-refractivity contribution in [3.8, 4) is 0 Å². The van der Waals surface area contributed by atoms with E-state index in [0.29, 0.717) is 10.2 Å². The zero-order valence-corrected chi connectivity index (χ0v) is 11.7. The molecule has 0 spiro atoms. The van der Waals surface area contributed by atoms with Gasteiger partial charge in [-0.05, 0) is 24.3 Å². The van der Waals surface area contributed by atoms with Crippen molar-refractivity contribution in [2.75, 3.05) is 5.32 Å². The summed E-state index contributed by atoms with van der Waals surface area (Å²) in [6.45, 7) is 0.0584. The molecule has 2 N–H and O–H groups in total. The van der Waals surface area contributed by atoms with Crippen molar-refractivity contribution < 1.29 is 18.7 Å². The fourth-order valence-corrected chi connectivity index (χ4v) is 2.07. The summed E-state index contributed by atoms with van der Waals surface area (Å²) in [5.74, 6) is -2.41. The summed E-state index contributed by atoms with van der Waals surface area (Å²) >= 11 is 3.24. The number of anilines is 1. The third-order valence-electron chi connectivity index (χ3n) is 2.70. The third-order valence-corrected chi connectivity index (χ3v) is 3.19. The first kappa shape index (κ1) is 14.5. The van der Waals surface area contributed by atoms with Gasteiger partial charge >= 0.3 is 5.97 Å². The lowest BCUT2D eigenvalue weighted by Gasteiger charge is -2.11. The second kappa shape index (κ2) is 6.00. The molecule has 0 aliphatic rings. The minimum absolute atomic E-state index is 0.0584. The zero-order chi connectivity index (χ0) is 14.7. The topological polar surface area (TPSA) is 49.3 Å². The van der Waals surface area contributed by atoms with Crippen molar-refractivity contribution in [2.45, 2.75) is 6.54 Å². The first-order valence-corrected chi connectivity index (χ1v) is 6.47. The molecular weight excluding hydrogens is 332 g/mol. The van der Waals surface area contributed by atoms with Gasteiger partial charge in [-0.1, -0.05) is 22.0 Å². The lowest BCUT2D eigenvalue weighted by atomic mass is 10.1. The number of nitrogens with one attached hydrogen (secondary N) is 1. The summed E-state index contributed by atoms with van der Waals surface area (Å²) in [6, 6.07) is 7.89. The van der Waals surface area contributed by atoms with Crippen LogP contribution in [0.25, 0.3) is 0 Å². The van der Waals surface area contributed by atoms with E-state index in [0.717, 1.165) is 12.1 Å². The summed E-state index contributed by atoms with van der Waals surface area (Å²) in [7, 11) is 0. The van der Waals surface area contributed by atoms with Crippen LogP contribution in [0.15, 0.2) is 40.9 Å². The van der Waals surface area contributed by atoms with Crippen LogP contribution in [0.4, 0.5) is 14.5 Å². The molecule has 0 unspecified atom stereocenters. The quantitative estimate of drug-likeness (QED) is 0.882. The SMILES string of the molecule is O=C(O)c1ccc(Br)cc1NCc1ccc(F)cc1F. The van der Waals surface area contributed by atoms with E-state index in [9.17, 15) is 13.6 Å². The van der Waals surface area contributed by atoms with E-state index in [4.69, 9.17) is 5.11 Å². The standard InChI is InChI=1S/C14H10BrF2NO2/c15-9-2-4-11(14(19)20)13(5-9)18-7-8-1-3-10(16)6-12(8)17/h1-6,18H,7H2,(H,19,20). The highest BCUT2D eigenvalue weighted by Gasteiger charge is 2.11. The lowest BCUT2D eigenvalue weighted by molar-refractivity contribution is 0.0698. The number of benzene rings is 2. The number of rotatable bonds is 4. The van der Waals surface area contributed by atoms with Crippen molar-refractivity contribution in [1.29, 1.82) is 0 Å². The van der Waals surface area contributed by atoms with Crippen LogP contribution >= 0.6 is 15.9 Å². The summed E-state index contributed by atoms with van der Waals surface area (Å²) in [4.78, 5) is 11.1. The van der Waals surface area contributed by atoms with Crippen LogP contribution in [0.2, 0.25) is 0 Å².